The average molecular weight is 188 g/mol. The molecule has 0 saturated heterocycles. The van der Waals surface area contributed by atoms with Gasteiger partial charge in [0, 0.05) is 11.1 Å². The zero-order valence-corrected chi connectivity index (χ0v) is 8.33. The third-order valence-electron chi connectivity index (χ3n) is 2.33. The summed E-state index contributed by atoms with van der Waals surface area (Å²) in [5.74, 6) is 0.942. The molecular weight excluding hydrogens is 176 g/mol. The van der Waals surface area contributed by atoms with E-state index in [9.17, 15) is 4.79 Å². The van der Waals surface area contributed by atoms with Crippen LogP contribution in [-0.4, -0.2) is 12.4 Å². The molecule has 1 aromatic carbocycles. The summed E-state index contributed by atoms with van der Waals surface area (Å²) in [4.78, 5) is 11.1. The van der Waals surface area contributed by atoms with E-state index in [2.05, 4.69) is 0 Å². The Balaban J connectivity index is 2.47. The van der Waals surface area contributed by atoms with Gasteiger partial charge in [0.25, 0.3) is 0 Å². The number of Topliss-reactive ketones (excluding diaryl/α,β-unsaturated/α-hetero) is 1. The average Bonchev–Trinajstić information content (AvgIpc) is 2.16. The maximum Gasteiger partial charge on any atom is 0.159 e. The van der Waals surface area contributed by atoms with Crippen LogP contribution in [0.5, 0.6) is 5.75 Å². The summed E-state index contributed by atoms with van der Waals surface area (Å²) in [5, 5.41) is 0. The predicted molar refractivity (Wildman–Crippen MR) is 55.3 cm³/mol. The molecule has 0 radical (unpaired) electrons. The topological polar surface area (TPSA) is 26.3 Å². The van der Waals surface area contributed by atoms with Gasteiger partial charge in [0.2, 0.25) is 0 Å². The highest BCUT2D eigenvalue weighted by Gasteiger charge is 2.13. The highest BCUT2D eigenvalue weighted by molar-refractivity contribution is 5.99. The quantitative estimate of drug-likeness (QED) is 0.676. The van der Waals surface area contributed by atoms with Crippen molar-refractivity contribution < 1.29 is 9.53 Å². The van der Waals surface area contributed by atoms with Gasteiger partial charge in [0.1, 0.15) is 12.4 Å². The molecule has 0 saturated carbocycles. The summed E-state index contributed by atoms with van der Waals surface area (Å²) in [5.41, 5.74) is 2.91. The van der Waals surface area contributed by atoms with Crippen molar-refractivity contribution in [3.8, 4) is 5.75 Å². The summed E-state index contributed by atoms with van der Waals surface area (Å²) in [7, 11) is 0. The zero-order valence-electron chi connectivity index (χ0n) is 8.33. The Morgan fingerprint density at radius 2 is 2.21 bits per heavy atom. The van der Waals surface area contributed by atoms with Gasteiger partial charge < -0.3 is 4.74 Å². The van der Waals surface area contributed by atoms with E-state index < -0.39 is 0 Å². The molecule has 1 heterocycles. The molecule has 0 aliphatic carbocycles. The van der Waals surface area contributed by atoms with Crippen molar-refractivity contribution in [2.24, 2.45) is 0 Å². The largest absolute Gasteiger partial charge is 0.488 e. The summed E-state index contributed by atoms with van der Waals surface area (Å²) < 4.78 is 5.46. The number of hydrogen-bond donors (Lipinski definition) is 0. The molecule has 0 N–H and O–H groups in total. The number of ketones is 1. The van der Waals surface area contributed by atoms with E-state index in [4.69, 9.17) is 4.74 Å². The molecule has 0 amide bonds. The highest BCUT2D eigenvalue weighted by atomic mass is 16.5. The number of rotatable bonds is 1. The van der Waals surface area contributed by atoms with Crippen molar-refractivity contribution >= 4 is 11.9 Å². The lowest BCUT2D eigenvalue weighted by molar-refractivity contribution is -0.113. The maximum absolute atomic E-state index is 11.1. The van der Waals surface area contributed by atoms with Gasteiger partial charge in [-0.2, -0.15) is 0 Å². The molecule has 72 valence electrons. The lowest BCUT2D eigenvalue weighted by atomic mass is 10.0. The second-order valence-electron chi connectivity index (χ2n) is 3.56. The van der Waals surface area contributed by atoms with Crippen molar-refractivity contribution in [3.63, 3.8) is 0 Å². The smallest absolute Gasteiger partial charge is 0.159 e. The number of hydrogen-bond acceptors (Lipinski definition) is 2. The van der Waals surface area contributed by atoms with E-state index in [1.165, 1.54) is 5.56 Å². The minimum atomic E-state index is 0.0807. The Morgan fingerprint density at radius 1 is 1.43 bits per heavy atom. The van der Waals surface area contributed by atoms with Gasteiger partial charge in [-0.05, 0) is 32.1 Å². The summed E-state index contributed by atoms with van der Waals surface area (Å²) >= 11 is 0. The van der Waals surface area contributed by atoms with Crippen LogP contribution in [0.4, 0.5) is 0 Å². The Kier molecular flexibility index (Phi) is 2.12. The second kappa shape index (κ2) is 3.29. The molecule has 2 heteroatoms. The number of aryl methyl sites for hydroxylation is 1. The molecule has 0 spiro atoms. The first kappa shape index (κ1) is 9.00. The van der Waals surface area contributed by atoms with Crippen LogP contribution >= 0.6 is 0 Å². The van der Waals surface area contributed by atoms with Crippen LogP contribution in [0.15, 0.2) is 23.8 Å². The second-order valence-corrected chi connectivity index (χ2v) is 3.56. The van der Waals surface area contributed by atoms with Crippen LogP contribution < -0.4 is 4.74 Å². The molecule has 0 bridgehead atoms. The number of fused-ring (bicyclic) bond motifs is 1. The molecule has 2 rings (SSSR count). The van der Waals surface area contributed by atoms with Crippen molar-refractivity contribution in [2.45, 2.75) is 13.8 Å². The fourth-order valence-corrected chi connectivity index (χ4v) is 1.50. The SMILES string of the molecule is CC(=O)C1=Cc2cc(C)ccc2OC1. The Hall–Kier alpha value is -1.57. The highest BCUT2D eigenvalue weighted by Crippen LogP contribution is 2.27. The molecule has 2 nitrogen and oxygen atoms in total. The molecule has 0 fully saturated rings. The van der Waals surface area contributed by atoms with Crippen LogP contribution in [0.2, 0.25) is 0 Å². The van der Waals surface area contributed by atoms with Crippen LogP contribution in [0.3, 0.4) is 0 Å². The van der Waals surface area contributed by atoms with E-state index >= 15 is 0 Å². The Labute approximate surface area is 83.2 Å². The number of carbonyl (C=O) groups is 1. The molecular formula is C12H12O2. The minimum Gasteiger partial charge on any atom is -0.488 e. The van der Waals surface area contributed by atoms with E-state index in [1.54, 1.807) is 6.92 Å². The van der Waals surface area contributed by atoms with E-state index in [1.807, 2.05) is 31.2 Å². The van der Waals surface area contributed by atoms with Crippen molar-refractivity contribution in [1.29, 1.82) is 0 Å². The molecule has 0 unspecified atom stereocenters. The first-order chi connectivity index (χ1) is 6.66. The van der Waals surface area contributed by atoms with Crippen LogP contribution in [-0.2, 0) is 4.79 Å². The molecule has 1 aromatic rings. The summed E-state index contributed by atoms with van der Waals surface area (Å²) in [6.45, 7) is 3.98. The van der Waals surface area contributed by atoms with Crippen LogP contribution in [0, 0.1) is 6.92 Å². The number of carbonyl (C=O) groups excluding carboxylic acids is 1. The normalized spacial score (nSPS) is 14.0. The standard InChI is InChI=1S/C12H12O2/c1-8-3-4-12-10(5-8)6-11(7-14-12)9(2)13/h3-6H,7H2,1-2H3. The van der Waals surface area contributed by atoms with Gasteiger partial charge in [-0.25, -0.2) is 0 Å². The van der Waals surface area contributed by atoms with Crippen molar-refractivity contribution in [1.82, 2.24) is 0 Å². The first-order valence-electron chi connectivity index (χ1n) is 4.62. The van der Waals surface area contributed by atoms with Crippen LogP contribution in [0.25, 0.3) is 6.08 Å². The predicted octanol–water partition coefficient (Wildman–Crippen LogP) is 2.36. The number of ether oxygens (including phenoxy) is 1. The van der Waals surface area contributed by atoms with Gasteiger partial charge in [-0.3, -0.25) is 4.79 Å². The van der Waals surface area contributed by atoms with Crippen molar-refractivity contribution in [3.05, 3.63) is 34.9 Å². The third kappa shape index (κ3) is 1.55. The molecule has 1 aliphatic rings. The summed E-state index contributed by atoms with van der Waals surface area (Å²) in [6, 6.07) is 5.97. The molecule has 0 atom stereocenters. The van der Waals surface area contributed by atoms with Gasteiger partial charge in [0.15, 0.2) is 5.78 Å². The van der Waals surface area contributed by atoms with Gasteiger partial charge >= 0.3 is 0 Å². The number of benzene rings is 1. The third-order valence-corrected chi connectivity index (χ3v) is 2.33. The van der Waals surface area contributed by atoms with Crippen LogP contribution in [0.1, 0.15) is 18.1 Å². The minimum absolute atomic E-state index is 0.0807. The van der Waals surface area contributed by atoms with Gasteiger partial charge in [-0.1, -0.05) is 11.6 Å². The van der Waals surface area contributed by atoms with Crippen molar-refractivity contribution in [2.75, 3.05) is 6.61 Å². The Morgan fingerprint density at radius 3 is 2.93 bits per heavy atom. The van der Waals surface area contributed by atoms with Gasteiger partial charge in [-0.15, -0.1) is 0 Å². The fourth-order valence-electron chi connectivity index (χ4n) is 1.50. The van der Waals surface area contributed by atoms with E-state index in [0.29, 0.717) is 6.61 Å². The molecule has 14 heavy (non-hydrogen) atoms. The lowest BCUT2D eigenvalue weighted by Crippen LogP contribution is -2.12. The monoisotopic (exact) mass is 188 g/mol. The fraction of sp³-hybridized carbons (Fsp3) is 0.250. The van der Waals surface area contributed by atoms with Gasteiger partial charge in [0.05, 0.1) is 0 Å². The first-order valence-corrected chi connectivity index (χ1v) is 4.62. The van der Waals surface area contributed by atoms with E-state index in [0.717, 1.165) is 16.9 Å². The molecule has 0 aromatic heterocycles. The summed E-state index contributed by atoms with van der Waals surface area (Å²) in [6.07, 6.45) is 1.91. The van der Waals surface area contributed by atoms with E-state index in [-0.39, 0.29) is 5.78 Å². The maximum atomic E-state index is 11.1. The zero-order chi connectivity index (χ0) is 10.1. The Bertz CT molecular complexity index is 416. The lowest BCUT2D eigenvalue weighted by Gasteiger charge is -2.16. The molecule has 1 aliphatic heterocycles.